The summed E-state index contributed by atoms with van der Waals surface area (Å²) in [6.07, 6.45) is 0. The maximum atomic E-state index is 12.0. The molecule has 0 saturated heterocycles. The van der Waals surface area contributed by atoms with Gasteiger partial charge < -0.3 is 10.4 Å². The molecule has 1 aromatic carbocycles. The van der Waals surface area contributed by atoms with Crippen LogP contribution in [0.3, 0.4) is 0 Å². The second-order valence-electron chi connectivity index (χ2n) is 3.61. The van der Waals surface area contributed by atoms with E-state index in [2.05, 4.69) is 5.32 Å². The lowest BCUT2D eigenvalue weighted by Gasteiger charge is -2.19. The van der Waals surface area contributed by atoms with E-state index in [1.165, 1.54) is 6.07 Å². The van der Waals surface area contributed by atoms with Crippen LogP contribution in [0.4, 0.5) is 0 Å². The molecule has 0 amide bonds. The average molecular weight is 215 g/mol. The van der Waals surface area contributed by atoms with Gasteiger partial charge in [0.1, 0.15) is 13.6 Å². The lowest BCUT2D eigenvalue weighted by Crippen LogP contribution is -2.28. The molecule has 16 heavy (non-hydrogen) atoms. The first-order valence-electron chi connectivity index (χ1n) is 4.88. The quantitative estimate of drug-likeness (QED) is 0.638. The lowest BCUT2D eigenvalue weighted by molar-refractivity contribution is 0.0973. The molecule has 1 aliphatic rings. The van der Waals surface area contributed by atoms with Crippen LogP contribution in [-0.4, -0.2) is 31.6 Å². The predicted octanol–water partition coefficient (Wildman–Crippen LogP) is -0.165. The van der Waals surface area contributed by atoms with Gasteiger partial charge in [-0.3, -0.25) is 9.59 Å². The van der Waals surface area contributed by atoms with Crippen molar-refractivity contribution in [2.75, 3.05) is 7.05 Å². The highest BCUT2D eigenvalue weighted by atomic mass is 16.3. The van der Waals surface area contributed by atoms with Crippen LogP contribution in [-0.2, 0) is 0 Å². The average Bonchev–Trinajstić information content (AvgIpc) is 2.27. The number of benzene rings is 1. The number of allylic oxidation sites excluding steroid dienone is 2. The highest BCUT2D eigenvalue weighted by Crippen LogP contribution is 2.29. The Labute approximate surface area is 93.4 Å². The summed E-state index contributed by atoms with van der Waals surface area (Å²) in [6, 6.07) is 4.49. The molecule has 0 saturated carbocycles. The minimum atomic E-state index is -0.308. The third kappa shape index (κ3) is 1.25. The molecule has 0 spiro atoms. The van der Waals surface area contributed by atoms with Gasteiger partial charge >= 0.3 is 0 Å². The Morgan fingerprint density at radius 2 is 1.94 bits per heavy atom. The van der Waals surface area contributed by atoms with Gasteiger partial charge in [-0.05, 0) is 17.6 Å². The van der Waals surface area contributed by atoms with E-state index in [0.717, 1.165) is 0 Å². The summed E-state index contributed by atoms with van der Waals surface area (Å²) in [5, 5.41) is 12.3. The van der Waals surface area contributed by atoms with Gasteiger partial charge in [0.2, 0.25) is 5.78 Å². The molecule has 1 aromatic rings. The Kier molecular flexibility index (Phi) is 2.31. The number of hydrogen-bond donors (Lipinski definition) is 2. The molecule has 0 heterocycles. The third-order valence-electron chi connectivity index (χ3n) is 2.71. The fourth-order valence-corrected chi connectivity index (χ4v) is 1.88. The summed E-state index contributed by atoms with van der Waals surface area (Å²) >= 11 is 0. The van der Waals surface area contributed by atoms with Gasteiger partial charge in [-0.25, -0.2) is 0 Å². The van der Waals surface area contributed by atoms with Crippen molar-refractivity contribution >= 4 is 19.4 Å². The maximum Gasteiger partial charge on any atom is 0.209 e. The first kappa shape index (κ1) is 10.5. The van der Waals surface area contributed by atoms with Gasteiger partial charge in [0.05, 0.1) is 11.3 Å². The molecule has 2 N–H and O–H groups in total. The van der Waals surface area contributed by atoms with Gasteiger partial charge in [-0.2, -0.15) is 0 Å². The summed E-state index contributed by atoms with van der Waals surface area (Å²) in [5.41, 5.74) is 0.980. The van der Waals surface area contributed by atoms with Crippen LogP contribution >= 0.6 is 0 Å². The number of Topliss-reactive ketones (excluding diaryl/α,β-unsaturated/α-hetero) is 2. The van der Waals surface area contributed by atoms with Crippen molar-refractivity contribution in [2.45, 2.75) is 0 Å². The topological polar surface area (TPSA) is 66.4 Å². The standard InChI is InChI=1S/C11H10BNO3/c1-13-9-8(12)11(16)7-5(10(9)15)3-2-4-6(7)14/h2-4,13-14H,12H2,1H3. The van der Waals surface area contributed by atoms with Crippen LogP contribution in [0.15, 0.2) is 29.4 Å². The molecule has 2 rings (SSSR count). The molecule has 0 radical (unpaired) electrons. The second kappa shape index (κ2) is 3.52. The van der Waals surface area contributed by atoms with E-state index in [9.17, 15) is 14.7 Å². The number of fused-ring (bicyclic) bond motifs is 1. The summed E-state index contributed by atoms with van der Waals surface area (Å²) in [4.78, 5) is 23.9. The largest absolute Gasteiger partial charge is 0.507 e. The van der Waals surface area contributed by atoms with E-state index in [4.69, 9.17) is 0 Å². The molecule has 0 aromatic heterocycles. The Balaban J connectivity index is 2.74. The minimum absolute atomic E-state index is 0.101. The number of nitrogens with one attached hydrogen (secondary N) is 1. The molecule has 0 fully saturated rings. The molecule has 0 unspecified atom stereocenters. The maximum absolute atomic E-state index is 12.0. The number of carbonyl (C=O) groups excluding carboxylic acids is 2. The number of carbonyl (C=O) groups is 2. The van der Waals surface area contributed by atoms with Crippen LogP contribution in [0, 0.1) is 0 Å². The number of likely N-dealkylation sites (N-methyl/N-ethyl adjacent to an activating group) is 1. The zero-order valence-electron chi connectivity index (χ0n) is 9.00. The zero-order valence-corrected chi connectivity index (χ0v) is 9.00. The van der Waals surface area contributed by atoms with E-state index in [1.807, 2.05) is 0 Å². The Morgan fingerprint density at radius 3 is 2.56 bits per heavy atom. The molecule has 80 valence electrons. The van der Waals surface area contributed by atoms with E-state index in [1.54, 1.807) is 27.0 Å². The van der Waals surface area contributed by atoms with Gasteiger partial charge in [0.25, 0.3) is 0 Å². The van der Waals surface area contributed by atoms with Crippen LogP contribution in [0.5, 0.6) is 5.75 Å². The Morgan fingerprint density at radius 1 is 1.25 bits per heavy atom. The van der Waals surface area contributed by atoms with Crippen LogP contribution in [0.2, 0.25) is 0 Å². The highest BCUT2D eigenvalue weighted by Gasteiger charge is 2.30. The van der Waals surface area contributed by atoms with E-state index >= 15 is 0 Å². The van der Waals surface area contributed by atoms with Gasteiger partial charge in [-0.1, -0.05) is 6.07 Å². The number of phenolic OH excluding ortho intramolecular Hbond substituents is 1. The number of rotatable bonds is 1. The highest BCUT2D eigenvalue weighted by molar-refractivity contribution is 6.46. The fraction of sp³-hybridized carbons (Fsp3) is 0.0909. The van der Waals surface area contributed by atoms with Crippen molar-refractivity contribution in [3.63, 3.8) is 0 Å². The first-order valence-corrected chi connectivity index (χ1v) is 4.88. The van der Waals surface area contributed by atoms with Crippen LogP contribution < -0.4 is 5.32 Å². The molecule has 0 aliphatic heterocycles. The molecule has 4 nitrogen and oxygen atoms in total. The van der Waals surface area contributed by atoms with Crippen molar-refractivity contribution in [1.82, 2.24) is 5.32 Å². The molecular formula is C11H10BNO3. The first-order chi connectivity index (χ1) is 7.57. The predicted molar refractivity (Wildman–Crippen MR) is 61.4 cm³/mol. The van der Waals surface area contributed by atoms with Crippen molar-refractivity contribution in [3.05, 3.63) is 40.5 Å². The van der Waals surface area contributed by atoms with Crippen molar-refractivity contribution in [3.8, 4) is 5.75 Å². The van der Waals surface area contributed by atoms with Gasteiger partial charge in [0.15, 0.2) is 5.78 Å². The van der Waals surface area contributed by atoms with E-state index in [-0.39, 0.29) is 28.4 Å². The lowest BCUT2D eigenvalue weighted by atomic mass is 9.77. The zero-order chi connectivity index (χ0) is 11.9. The number of hydrogen-bond acceptors (Lipinski definition) is 4. The summed E-state index contributed by atoms with van der Waals surface area (Å²) in [5.74, 6) is -0.715. The van der Waals surface area contributed by atoms with Crippen molar-refractivity contribution < 1.29 is 14.7 Å². The Hall–Kier alpha value is -2.04. The second-order valence-corrected chi connectivity index (χ2v) is 3.61. The smallest absolute Gasteiger partial charge is 0.209 e. The van der Waals surface area contributed by atoms with Gasteiger partial charge in [-0.15, -0.1) is 0 Å². The summed E-state index contributed by atoms with van der Waals surface area (Å²) < 4.78 is 0. The number of ketones is 2. The molecular weight excluding hydrogens is 205 g/mol. The van der Waals surface area contributed by atoms with Crippen molar-refractivity contribution in [1.29, 1.82) is 0 Å². The number of aromatic hydroxyl groups is 1. The normalized spacial score (nSPS) is 15.1. The van der Waals surface area contributed by atoms with Crippen LogP contribution in [0.1, 0.15) is 20.7 Å². The van der Waals surface area contributed by atoms with E-state index < -0.39 is 0 Å². The fourth-order valence-electron chi connectivity index (χ4n) is 1.88. The third-order valence-corrected chi connectivity index (χ3v) is 2.71. The van der Waals surface area contributed by atoms with Gasteiger partial charge in [0, 0.05) is 12.6 Å². The van der Waals surface area contributed by atoms with Crippen molar-refractivity contribution in [2.24, 2.45) is 0 Å². The SMILES string of the molecule is BC1=C(NC)C(=O)c2cccc(O)c2C1=O. The van der Waals surface area contributed by atoms with Crippen LogP contribution in [0.25, 0.3) is 0 Å². The molecule has 0 atom stereocenters. The Bertz CT molecular complexity index is 534. The minimum Gasteiger partial charge on any atom is -0.507 e. The molecule has 0 bridgehead atoms. The summed E-state index contributed by atoms with van der Waals surface area (Å²) in [6.45, 7) is 0. The number of phenols is 1. The monoisotopic (exact) mass is 215 g/mol. The summed E-state index contributed by atoms with van der Waals surface area (Å²) in [7, 11) is 3.17. The van der Waals surface area contributed by atoms with E-state index in [0.29, 0.717) is 11.2 Å². The molecule has 5 heteroatoms. The molecule has 1 aliphatic carbocycles.